The molecule has 162 valence electrons. The smallest absolute Gasteiger partial charge is 0.229 e. The van der Waals surface area contributed by atoms with Crippen LogP contribution in [0.4, 0.5) is 23.1 Å². The zero-order chi connectivity index (χ0) is 21.8. The fraction of sp³-hybridized carbons (Fsp3) is 0.304. The molecule has 0 radical (unpaired) electrons. The number of hydrogen-bond donors (Lipinski definition) is 3. The van der Waals surface area contributed by atoms with E-state index in [1.807, 2.05) is 30.3 Å². The lowest BCUT2D eigenvalue weighted by atomic mass is 9.90. The van der Waals surface area contributed by atoms with E-state index in [4.69, 9.17) is 11.6 Å². The first-order valence-electron chi connectivity index (χ1n) is 10.4. The number of hydrogen-bond acceptors (Lipinski definition) is 6. The van der Waals surface area contributed by atoms with Crippen molar-refractivity contribution in [3.8, 4) is 0 Å². The minimum absolute atomic E-state index is 0.394. The van der Waals surface area contributed by atoms with E-state index in [9.17, 15) is 4.57 Å². The number of aromatic nitrogens is 2. The average Bonchev–Trinajstić information content (AvgIpc) is 2.76. The van der Waals surface area contributed by atoms with Gasteiger partial charge in [0.15, 0.2) is 5.82 Å². The number of nitrogens with one attached hydrogen (secondary N) is 3. The minimum Gasteiger partial charge on any atom is -0.338 e. The third kappa shape index (κ3) is 5.45. The highest BCUT2D eigenvalue weighted by Crippen LogP contribution is 2.38. The fourth-order valence-corrected chi connectivity index (χ4v) is 5.14. The van der Waals surface area contributed by atoms with Gasteiger partial charge in [-0.05, 0) is 75.0 Å². The molecule has 1 saturated heterocycles. The number of nitrogens with zero attached hydrogens (tertiary/aromatic N) is 2. The highest BCUT2D eigenvalue weighted by Gasteiger charge is 2.18. The molecule has 0 aliphatic carbocycles. The Morgan fingerprint density at radius 2 is 1.84 bits per heavy atom. The second kappa shape index (κ2) is 9.39. The van der Waals surface area contributed by atoms with Crippen LogP contribution >= 0.6 is 18.7 Å². The molecule has 0 spiro atoms. The summed E-state index contributed by atoms with van der Waals surface area (Å²) in [6.45, 7) is 5.61. The van der Waals surface area contributed by atoms with E-state index >= 15 is 0 Å². The van der Waals surface area contributed by atoms with E-state index in [1.165, 1.54) is 5.56 Å². The van der Waals surface area contributed by atoms with Crippen LogP contribution in [0.15, 0.2) is 54.7 Å². The Kier molecular flexibility index (Phi) is 6.61. The SMILES string of the molecule is CP(C)(=O)c1ccccc1Nc1nc(Nc2cccc(C3CCNCC3)c2)ncc1Cl. The second-order valence-corrected chi connectivity index (χ2v) is 11.7. The molecule has 2 aromatic carbocycles. The monoisotopic (exact) mass is 455 g/mol. The summed E-state index contributed by atoms with van der Waals surface area (Å²) in [5.41, 5.74) is 3.00. The van der Waals surface area contributed by atoms with Gasteiger partial charge in [0.25, 0.3) is 0 Å². The van der Waals surface area contributed by atoms with Crippen LogP contribution in [0.5, 0.6) is 0 Å². The average molecular weight is 456 g/mol. The van der Waals surface area contributed by atoms with Crippen LogP contribution in [0.25, 0.3) is 0 Å². The van der Waals surface area contributed by atoms with E-state index in [2.05, 4.69) is 44.1 Å². The summed E-state index contributed by atoms with van der Waals surface area (Å²) in [7, 11) is -2.46. The van der Waals surface area contributed by atoms with Gasteiger partial charge in [0.1, 0.15) is 12.2 Å². The summed E-state index contributed by atoms with van der Waals surface area (Å²) in [6, 6.07) is 15.9. The maximum absolute atomic E-state index is 12.7. The predicted octanol–water partition coefficient (Wildman–Crippen LogP) is 5.33. The van der Waals surface area contributed by atoms with E-state index in [1.54, 1.807) is 19.5 Å². The standard InChI is InChI=1S/C23H27ClN5OP/c1-31(2,30)21-9-4-3-8-20(21)28-22-19(24)15-26-23(29-22)27-18-7-5-6-17(14-18)16-10-12-25-13-11-16/h3-9,14-16,25H,10-13H2,1-2H3,(H2,26,27,28,29). The molecule has 0 amide bonds. The summed E-state index contributed by atoms with van der Waals surface area (Å²) < 4.78 is 12.7. The summed E-state index contributed by atoms with van der Waals surface area (Å²) in [4.78, 5) is 8.89. The van der Waals surface area contributed by atoms with Gasteiger partial charge in [0, 0.05) is 11.0 Å². The van der Waals surface area contributed by atoms with E-state index in [-0.39, 0.29) is 0 Å². The van der Waals surface area contributed by atoms with Gasteiger partial charge in [-0.3, -0.25) is 0 Å². The normalized spacial score (nSPS) is 14.9. The zero-order valence-corrected chi connectivity index (χ0v) is 19.4. The molecular weight excluding hydrogens is 429 g/mol. The van der Waals surface area contributed by atoms with Gasteiger partial charge in [-0.15, -0.1) is 0 Å². The first-order chi connectivity index (χ1) is 14.9. The van der Waals surface area contributed by atoms with Gasteiger partial charge in [-0.1, -0.05) is 35.9 Å². The van der Waals surface area contributed by atoms with Gasteiger partial charge in [0.05, 0.1) is 11.9 Å². The molecule has 3 aromatic rings. The summed E-state index contributed by atoms with van der Waals surface area (Å²) in [6.07, 6.45) is 3.86. The Hall–Kier alpha value is -2.40. The van der Waals surface area contributed by atoms with E-state index in [0.717, 1.165) is 42.6 Å². The Labute approximate surface area is 188 Å². The van der Waals surface area contributed by atoms with Crippen molar-refractivity contribution >= 4 is 47.2 Å². The van der Waals surface area contributed by atoms with Gasteiger partial charge >= 0.3 is 0 Å². The number of rotatable bonds is 6. The number of piperidine rings is 1. The molecule has 1 aliphatic rings. The lowest BCUT2D eigenvalue weighted by Crippen LogP contribution is -2.26. The molecule has 0 saturated carbocycles. The third-order valence-corrected chi connectivity index (χ3v) is 7.26. The predicted molar refractivity (Wildman–Crippen MR) is 130 cm³/mol. The molecule has 6 nitrogen and oxygen atoms in total. The Bertz CT molecular complexity index is 1110. The van der Waals surface area contributed by atoms with Gasteiger partial charge in [-0.25, -0.2) is 4.98 Å². The highest BCUT2D eigenvalue weighted by atomic mass is 35.5. The summed E-state index contributed by atoms with van der Waals surface area (Å²) >= 11 is 6.35. The van der Waals surface area contributed by atoms with Crippen molar-refractivity contribution < 1.29 is 4.57 Å². The van der Waals surface area contributed by atoms with Crippen molar-refractivity contribution in [2.45, 2.75) is 18.8 Å². The van der Waals surface area contributed by atoms with Crippen LogP contribution in [-0.2, 0) is 4.57 Å². The lowest BCUT2D eigenvalue weighted by Gasteiger charge is -2.23. The van der Waals surface area contributed by atoms with E-state index < -0.39 is 7.14 Å². The Morgan fingerprint density at radius 3 is 2.61 bits per heavy atom. The quantitative estimate of drug-likeness (QED) is 0.436. The first kappa shape index (κ1) is 21.8. The zero-order valence-electron chi connectivity index (χ0n) is 17.7. The molecule has 1 aromatic heterocycles. The molecule has 0 bridgehead atoms. The maximum Gasteiger partial charge on any atom is 0.229 e. The molecule has 0 atom stereocenters. The molecule has 2 heterocycles. The first-order valence-corrected chi connectivity index (χ1v) is 13.4. The molecule has 3 N–H and O–H groups in total. The molecule has 31 heavy (non-hydrogen) atoms. The third-order valence-electron chi connectivity index (χ3n) is 5.43. The Morgan fingerprint density at radius 1 is 1.06 bits per heavy atom. The van der Waals surface area contributed by atoms with Crippen LogP contribution in [0, 0.1) is 0 Å². The van der Waals surface area contributed by atoms with Gasteiger partial charge in [0.2, 0.25) is 5.95 Å². The van der Waals surface area contributed by atoms with Crippen molar-refractivity contribution in [3.63, 3.8) is 0 Å². The maximum atomic E-state index is 12.7. The highest BCUT2D eigenvalue weighted by molar-refractivity contribution is 7.70. The van der Waals surface area contributed by atoms with Crippen molar-refractivity contribution in [1.29, 1.82) is 0 Å². The summed E-state index contributed by atoms with van der Waals surface area (Å²) in [5.74, 6) is 1.49. The van der Waals surface area contributed by atoms with Crippen LogP contribution in [0.2, 0.25) is 5.02 Å². The molecular formula is C23H27ClN5OP. The minimum atomic E-state index is -2.46. The van der Waals surface area contributed by atoms with Crippen LogP contribution < -0.4 is 21.3 Å². The van der Waals surface area contributed by atoms with Crippen molar-refractivity contribution in [2.75, 3.05) is 37.1 Å². The van der Waals surface area contributed by atoms with Gasteiger partial charge in [-0.2, -0.15) is 4.98 Å². The van der Waals surface area contributed by atoms with Crippen molar-refractivity contribution in [3.05, 3.63) is 65.3 Å². The summed E-state index contributed by atoms with van der Waals surface area (Å²) in [5, 5.41) is 11.1. The lowest BCUT2D eigenvalue weighted by molar-refractivity contribution is 0.460. The van der Waals surface area contributed by atoms with E-state index in [0.29, 0.717) is 22.7 Å². The van der Waals surface area contributed by atoms with Crippen LogP contribution in [0.3, 0.4) is 0 Å². The Balaban J connectivity index is 1.56. The molecule has 0 unspecified atom stereocenters. The van der Waals surface area contributed by atoms with Crippen LogP contribution in [0.1, 0.15) is 24.3 Å². The topological polar surface area (TPSA) is 78.9 Å². The van der Waals surface area contributed by atoms with Crippen molar-refractivity contribution in [2.24, 2.45) is 0 Å². The molecule has 1 aliphatic heterocycles. The molecule has 1 fully saturated rings. The van der Waals surface area contributed by atoms with Crippen LogP contribution in [-0.4, -0.2) is 36.4 Å². The van der Waals surface area contributed by atoms with Gasteiger partial charge < -0.3 is 20.5 Å². The fourth-order valence-electron chi connectivity index (χ4n) is 3.85. The number of halogens is 1. The van der Waals surface area contributed by atoms with Crippen molar-refractivity contribution in [1.82, 2.24) is 15.3 Å². The second-order valence-electron chi connectivity index (χ2n) is 8.16. The largest absolute Gasteiger partial charge is 0.338 e. The number of para-hydroxylation sites is 1. The number of anilines is 4. The number of benzene rings is 2. The molecule has 4 rings (SSSR count). The molecule has 8 heteroatoms.